The normalized spacial score (nSPS) is 17.8. The van der Waals surface area contributed by atoms with Crippen LogP contribution >= 0.6 is 0 Å². The highest BCUT2D eigenvalue weighted by Gasteiger charge is 2.28. The number of furan rings is 1. The summed E-state index contributed by atoms with van der Waals surface area (Å²) in [6, 6.07) is 10.6. The molecule has 5 rings (SSSR count). The number of rotatable bonds is 7. The summed E-state index contributed by atoms with van der Waals surface area (Å²) in [6.07, 6.45) is 10.2. The lowest BCUT2D eigenvalue weighted by Gasteiger charge is -2.24. The largest absolute Gasteiger partial charge is 0.467 e. The van der Waals surface area contributed by atoms with Gasteiger partial charge in [0.05, 0.1) is 30.3 Å². The van der Waals surface area contributed by atoms with E-state index < -0.39 is 0 Å². The summed E-state index contributed by atoms with van der Waals surface area (Å²) in [7, 11) is 0. The molecular weight excluding hydrogens is 418 g/mol. The van der Waals surface area contributed by atoms with Gasteiger partial charge in [-0.3, -0.25) is 14.3 Å². The lowest BCUT2D eigenvalue weighted by molar-refractivity contribution is -0.122. The van der Waals surface area contributed by atoms with Crippen molar-refractivity contribution in [3.8, 4) is 0 Å². The number of amides is 2. The number of carbonyl (C=O) groups is 2. The van der Waals surface area contributed by atoms with Crippen LogP contribution in [0.4, 0.5) is 11.4 Å². The SMILES string of the molecule is CC1Cc2ccccc2N1Cc1occc1C(=O)Nc1cnn(CC(=O)NC2CCCC2)c1. The minimum atomic E-state index is -0.256. The zero-order valence-electron chi connectivity index (χ0n) is 18.8. The van der Waals surface area contributed by atoms with Gasteiger partial charge in [-0.1, -0.05) is 31.0 Å². The van der Waals surface area contributed by atoms with Crippen LogP contribution in [0.3, 0.4) is 0 Å². The molecule has 0 bridgehead atoms. The van der Waals surface area contributed by atoms with Gasteiger partial charge in [0.1, 0.15) is 12.3 Å². The molecule has 1 fully saturated rings. The topological polar surface area (TPSA) is 92.4 Å². The highest BCUT2D eigenvalue weighted by molar-refractivity contribution is 6.04. The zero-order valence-corrected chi connectivity index (χ0v) is 18.8. The van der Waals surface area contributed by atoms with Crippen molar-refractivity contribution in [3.05, 3.63) is 65.9 Å². The van der Waals surface area contributed by atoms with Crippen molar-refractivity contribution in [2.24, 2.45) is 0 Å². The number of aromatic nitrogens is 2. The number of para-hydroxylation sites is 1. The van der Waals surface area contributed by atoms with Crippen LogP contribution in [-0.2, 0) is 24.3 Å². The fraction of sp³-hybridized carbons (Fsp3) is 0.400. The second kappa shape index (κ2) is 9.13. The van der Waals surface area contributed by atoms with Gasteiger partial charge in [0.15, 0.2) is 0 Å². The molecule has 0 spiro atoms. The molecule has 1 aliphatic carbocycles. The van der Waals surface area contributed by atoms with Gasteiger partial charge in [0, 0.05) is 24.0 Å². The lowest BCUT2D eigenvalue weighted by Crippen LogP contribution is -2.35. The number of nitrogens with one attached hydrogen (secondary N) is 2. The highest BCUT2D eigenvalue weighted by atomic mass is 16.3. The van der Waals surface area contributed by atoms with Crippen molar-refractivity contribution in [1.82, 2.24) is 15.1 Å². The zero-order chi connectivity index (χ0) is 22.8. The van der Waals surface area contributed by atoms with Crippen LogP contribution in [0.2, 0.25) is 0 Å². The fourth-order valence-electron chi connectivity index (χ4n) is 4.89. The summed E-state index contributed by atoms with van der Waals surface area (Å²) < 4.78 is 7.23. The smallest absolute Gasteiger partial charge is 0.259 e. The first-order valence-electron chi connectivity index (χ1n) is 11.6. The van der Waals surface area contributed by atoms with Crippen LogP contribution in [0.1, 0.15) is 54.3 Å². The molecule has 3 aromatic rings. The third-order valence-electron chi connectivity index (χ3n) is 6.57. The maximum Gasteiger partial charge on any atom is 0.259 e. The number of carbonyl (C=O) groups excluding carboxylic acids is 2. The molecule has 2 N–H and O–H groups in total. The molecule has 3 heterocycles. The first kappa shape index (κ1) is 21.3. The Kier molecular flexibility index (Phi) is 5.90. The molecule has 8 nitrogen and oxygen atoms in total. The van der Waals surface area contributed by atoms with Gasteiger partial charge in [-0.05, 0) is 43.9 Å². The van der Waals surface area contributed by atoms with Crippen molar-refractivity contribution < 1.29 is 14.0 Å². The van der Waals surface area contributed by atoms with Gasteiger partial charge in [-0.2, -0.15) is 5.10 Å². The Morgan fingerprint density at radius 1 is 1.18 bits per heavy atom. The minimum absolute atomic E-state index is 0.0555. The molecule has 172 valence electrons. The van der Waals surface area contributed by atoms with E-state index in [4.69, 9.17) is 4.42 Å². The predicted molar refractivity (Wildman–Crippen MR) is 125 cm³/mol. The van der Waals surface area contributed by atoms with E-state index in [0.29, 0.717) is 29.6 Å². The average Bonchev–Trinajstić information content (AvgIpc) is 3.58. The van der Waals surface area contributed by atoms with E-state index in [1.807, 2.05) is 6.07 Å². The molecule has 1 aliphatic heterocycles. The summed E-state index contributed by atoms with van der Waals surface area (Å²) in [4.78, 5) is 27.5. The second-order valence-corrected chi connectivity index (χ2v) is 9.00. The van der Waals surface area contributed by atoms with Crippen LogP contribution in [-0.4, -0.2) is 33.7 Å². The quantitative estimate of drug-likeness (QED) is 0.576. The molecule has 0 radical (unpaired) electrons. The van der Waals surface area contributed by atoms with Crippen LogP contribution in [0.25, 0.3) is 0 Å². The molecular formula is C25H29N5O3. The maximum absolute atomic E-state index is 13.0. The first-order chi connectivity index (χ1) is 16.1. The summed E-state index contributed by atoms with van der Waals surface area (Å²) in [5, 5.41) is 10.1. The summed E-state index contributed by atoms with van der Waals surface area (Å²) in [5.41, 5.74) is 3.54. The van der Waals surface area contributed by atoms with Gasteiger partial charge in [-0.15, -0.1) is 0 Å². The molecule has 0 saturated heterocycles. The third kappa shape index (κ3) is 4.65. The Bertz CT molecular complexity index is 1140. The van der Waals surface area contributed by atoms with Crippen LogP contribution in [0.5, 0.6) is 0 Å². The van der Waals surface area contributed by atoms with Crippen molar-refractivity contribution >= 4 is 23.2 Å². The number of hydrogen-bond donors (Lipinski definition) is 2. The van der Waals surface area contributed by atoms with Gasteiger partial charge < -0.3 is 20.0 Å². The lowest BCUT2D eigenvalue weighted by atomic mass is 10.1. The summed E-state index contributed by atoms with van der Waals surface area (Å²) in [6.45, 7) is 2.84. The van der Waals surface area contributed by atoms with E-state index in [1.165, 1.54) is 24.1 Å². The Morgan fingerprint density at radius 2 is 2.00 bits per heavy atom. The van der Waals surface area contributed by atoms with Crippen molar-refractivity contribution in [1.29, 1.82) is 0 Å². The Balaban J connectivity index is 1.21. The van der Waals surface area contributed by atoms with Crippen LogP contribution < -0.4 is 15.5 Å². The molecule has 1 aromatic carbocycles. The molecule has 33 heavy (non-hydrogen) atoms. The number of anilines is 2. The molecule has 1 atom stereocenters. The van der Waals surface area contributed by atoms with E-state index in [9.17, 15) is 9.59 Å². The number of benzene rings is 1. The number of fused-ring (bicyclic) bond motifs is 1. The third-order valence-corrected chi connectivity index (χ3v) is 6.57. The molecule has 8 heteroatoms. The van der Waals surface area contributed by atoms with Crippen LogP contribution in [0.15, 0.2) is 53.4 Å². The van der Waals surface area contributed by atoms with Crippen molar-refractivity contribution in [3.63, 3.8) is 0 Å². The monoisotopic (exact) mass is 447 g/mol. The first-order valence-corrected chi connectivity index (χ1v) is 11.6. The van der Waals surface area contributed by atoms with E-state index >= 15 is 0 Å². The molecule has 2 aliphatic rings. The van der Waals surface area contributed by atoms with E-state index in [0.717, 1.165) is 19.3 Å². The van der Waals surface area contributed by atoms with E-state index in [1.54, 1.807) is 29.4 Å². The molecule has 1 unspecified atom stereocenters. The van der Waals surface area contributed by atoms with Crippen LogP contribution in [0, 0.1) is 0 Å². The van der Waals surface area contributed by atoms with E-state index in [-0.39, 0.29) is 24.4 Å². The van der Waals surface area contributed by atoms with Gasteiger partial charge in [0.25, 0.3) is 5.91 Å². The Labute approximate surface area is 192 Å². The Hall–Kier alpha value is -3.55. The number of hydrogen-bond acceptors (Lipinski definition) is 5. The Morgan fingerprint density at radius 3 is 2.85 bits per heavy atom. The second-order valence-electron chi connectivity index (χ2n) is 9.00. The molecule has 2 amide bonds. The van der Waals surface area contributed by atoms with E-state index in [2.05, 4.69) is 45.8 Å². The maximum atomic E-state index is 13.0. The molecule has 1 saturated carbocycles. The van der Waals surface area contributed by atoms with Crippen molar-refractivity contribution in [2.75, 3.05) is 10.2 Å². The minimum Gasteiger partial charge on any atom is -0.467 e. The van der Waals surface area contributed by atoms with Gasteiger partial charge in [-0.25, -0.2) is 0 Å². The summed E-state index contributed by atoms with van der Waals surface area (Å²) >= 11 is 0. The standard InChI is InChI=1S/C25H29N5O3/c1-17-12-18-6-2-5-9-22(18)30(17)15-23-21(10-11-33-23)25(32)28-20-13-26-29(14-20)16-24(31)27-19-7-3-4-8-19/h2,5-6,9-11,13-14,17,19H,3-4,7-8,12,15-16H2,1H3,(H,27,31)(H,28,32). The predicted octanol–water partition coefficient (Wildman–Crippen LogP) is 3.74. The highest BCUT2D eigenvalue weighted by Crippen LogP contribution is 2.33. The van der Waals surface area contributed by atoms with Crippen molar-refractivity contribution in [2.45, 2.75) is 64.2 Å². The number of nitrogens with zero attached hydrogens (tertiary/aromatic N) is 3. The summed E-state index contributed by atoms with van der Waals surface area (Å²) in [5.74, 6) is 0.313. The van der Waals surface area contributed by atoms with Gasteiger partial charge in [0.2, 0.25) is 5.91 Å². The average molecular weight is 448 g/mol. The molecule has 2 aromatic heterocycles. The fourth-order valence-corrected chi connectivity index (χ4v) is 4.89. The van der Waals surface area contributed by atoms with Gasteiger partial charge >= 0.3 is 0 Å².